The summed E-state index contributed by atoms with van der Waals surface area (Å²) in [5.74, 6) is 0.851. The van der Waals surface area contributed by atoms with Crippen LogP contribution in [0.5, 0.6) is 5.75 Å². The van der Waals surface area contributed by atoms with Crippen LogP contribution in [0.2, 0.25) is 0 Å². The summed E-state index contributed by atoms with van der Waals surface area (Å²) >= 11 is 0. The molecule has 0 unspecified atom stereocenters. The van der Waals surface area contributed by atoms with Crippen LogP contribution in [-0.4, -0.2) is 42.6 Å². The third-order valence-corrected chi connectivity index (χ3v) is 6.56. The summed E-state index contributed by atoms with van der Waals surface area (Å²) in [7, 11) is 1.67. The van der Waals surface area contributed by atoms with E-state index in [1.807, 2.05) is 61.0 Å². The van der Waals surface area contributed by atoms with Gasteiger partial charge in [0.25, 0.3) is 0 Å². The molecule has 6 heteroatoms. The van der Waals surface area contributed by atoms with Gasteiger partial charge in [0.05, 0.1) is 24.9 Å². The van der Waals surface area contributed by atoms with Crippen molar-refractivity contribution in [2.45, 2.75) is 38.5 Å². The molecule has 0 spiro atoms. The lowest BCUT2D eigenvalue weighted by Gasteiger charge is -2.38. The molecule has 168 valence electrons. The Morgan fingerprint density at radius 3 is 2.44 bits per heavy atom. The maximum atomic E-state index is 13.0. The SMILES string of the molecule is COc1ccc(C2(CNC(=O)Cc3c(C)nn(-c4ccccc4)c3C)CCOCC2)cc1. The summed E-state index contributed by atoms with van der Waals surface area (Å²) in [4.78, 5) is 13.0. The van der Waals surface area contributed by atoms with E-state index in [0.717, 1.165) is 41.2 Å². The number of nitrogens with zero attached hydrogens (tertiary/aromatic N) is 2. The minimum Gasteiger partial charge on any atom is -0.497 e. The first kappa shape index (κ1) is 22.1. The second-order valence-corrected chi connectivity index (χ2v) is 8.47. The predicted octanol–water partition coefficient (Wildman–Crippen LogP) is 3.90. The van der Waals surface area contributed by atoms with Gasteiger partial charge in [-0.15, -0.1) is 0 Å². The fraction of sp³-hybridized carbons (Fsp3) is 0.385. The average Bonchev–Trinajstić information content (AvgIpc) is 3.12. The van der Waals surface area contributed by atoms with E-state index < -0.39 is 0 Å². The molecule has 1 aliphatic rings. The number of methoxy groups -OCH3 is 1. The number of hydrogen-bond donors (Lipinski definition) is 1. The molecule has 2 heterocycles. The van der Waals surface area contributed by atoms with E-state index >= 15 is 0 Å². The number of hydrogen-bond acceptors (Lipinski definition) is 4. The molecule has 0 atom stereocenters. The topological polar surface area (TPSA) is 65.4 Å². The molecule has 1 aromatic heterocycles. The standard InChI is InChI=1S/C26H31N3O3/c1-19-24(20(2)29(28-19)22-7-5-4-6-8-22)17-25(30)27-18-26(13-15-32-16-14-26)21-9-11-23(31-3)12-10-21/h4-12H,13-18H2,1-3H3,(H,27,30). The fourth-order valence-electron chi connectivity index (χ4n) is 4.52. The van der Waals surface area contributed by atoms with Gasteiger partial charge in [-0.2, -0.15) is 5.10 Å². The molecule has 0 aliphatic carbocycles. The number of carbonyl (C=O) groups excluding carboxylic acids is 1. The largest absolute Gasteiger partial charge is 0.497 e. The molecular formula is C26H31N3O3. The number of benzene rings is 2. The summed E-state index contributed by atoms with van der Waals surface area (Å²) in [5, 5.41) is 7.88. The lowest BCUT2D eigenvalue weighted by atomic mass is 9.74. The Kier molecular flexibility index (Phi) is 6.61. The number of ether oxygens (including phenoxy) is 2. The highest BCUT2D eigenvalue weighted by atomic mass is 16.5. The van der Waals surface area contributed by atoms with Crippen LogP contribution in [0, 0.1) is 13.8 Å². The third kappa shape index (κ3) is 4.55. The summed E-state index contributed by atoms with van der Waals surface area (Å²) in [6, 6.07) is 18.2. The van der Waals surface area contributed by atoms with Crippen molar-refractivity contribution in [1.29, 1.82) is 0 Å². The smallest absolute Gasteiger partial charge is 0.224 e. The van der Waals surface area contributed by atoms with E-state index in [0.29, 0.717) is 26.2 Å². The molecule has 1 N–H and O–H groups in total. The third-order valence-electron chi connectivity index (χ3n) is 6.56. The average molecular weight is 434 g/mol. The lowest BCUT2D eigenvalue weighted by molar-refractivity contribution is -0.121. The molecule has 32 heavy (non-hydrogen) atoms. The van der Waals surface area contributed by atoms with Gasteiger partial charge < -0.3 is 14.8 Å². The maximum absolute atomic E-state index is 13.0. The molecule has 4 rings (SSSR count). The van der Waals surface area contributed by atoms with Gasteiger partial charge in [-0.1, -0.05) is 30.3 Å². The Bertz CT molecular complexity index is 1050. The molecule has 1 aliphatic heterocycles. The van der Waals surface area contributed by atoms with Crippen molar-refractivity contribution in [3.63, 3.8) is 0 Å². The minimum absolute atomic E-state index is 0.0168. The summed E-state index contributed by atoms with van der Waals surface area (Å²) in [6.07, 6.45) is 2.08. The van der Waals surface area contributed by atoms with E-state index in [2.05, 4.69) is 22.5 Å². The molecule has 0 radical (unpaired) electrons. The Labute approximate surface area is 189 Å². The van der Waals surface area contributed by atoms with Gasteiger partial charge >= 0.3 is 0 Å². The summed E-state index contributed by atoms with van der Waals surface area (Å²) in [5.41, 5.74) is 4.96. The summed E-state index contributed by atoms with van der Waals surface area (Å²) in [6.45, 7) is 5.97. The van der Waals surface area contributed by atoms with Crippen LogP contribution in [0.15, 0.2) is 54.6 Å². The van der Waals surface area contributed by atoms with Crippen molar-refractivity contribution >= 4 is 5.91 Å². The quantitative estimate of drug-likeness (QED) is 0.614. The van der Waals surface area contributed by atoms with Gasteiger partial charge in [0, 0.05) is 36.4 Å². The normalized spacial score (nSPS) is 15.3. The van der Waals surface area contributed by atoms with Crippen LogP contribution < -0.4 is 10.1 Å². The molecule has 0 bridgehead atoms. The first-order chi connectivity index (χ1) is 15.5. The van der Waals surface area contributed by atoms with E-state index in [4.69, 9.17) is 9.47 Å². The van der Waals surface area contributed by atoms with Crippen LogP contribution in [0.3, 0.4) is 0 Å². The van der Waals surface area contributed by atoms with Crippen LogP contribution in [-0.2, 0) is 21.4 Å². The van der Waals surface area contributed by atoms with Gasteiger partial charge in [0.2, 0.25) is 5.91 Å². The Morgan fingerprint density at radius 2 is 1.78 bits per heavy atom. The molecular weight excluding hydrogens is 402 g/mol. The molecule has 0 saturated carbocycles. The summed E-state index contributed by atoms with van der Waals surface area (Å²) < 4.78 is 12.8. The van der Waals surface area contributed by atoms with Crippen molar-refractivity contribution in [2.24, 2.45) is 0 Å². The molecule has 1 amide bonds. The highest BCUT2D eigenvalue weighted by molar-refractivity contribution is 5.79. The van der Waals surface area contributed by atoms with Gasteiger partial charge in [-0.05, 0) is 56.5 Å². The van der Waals surface area contributed by atoms with Gasteiger partial charge in [-0.25, -0.2) is 4.68 Å². The number of para-hydroxylation sites is 1. The lowest BCUT2D eigenvalue weighted by Crippen LogP contribution is -2.45. The van der Waals surface area contributed by atoms with Gasteiger partial charge in [0.1, 0.15) is 5.75 Å². The maximum Gasteiger partial charge on any atom is 0.224 e. The van der Waals surface area contributed by atoms with Gasteiger partial charge in [-0.3, -0.25) is 4.79 Å². The van der Waals surface area contributed by atoms with Crippen molar-refractivity contribution in [2.75, 3.05) is 26.9 Å². The first-order valence-electron chi connectivity index (χ1n) is 11.1. The van der Waals surface area contributed by atoms with Crippen LogP contribution in [0.1, 0.15) is 35.4 Å². The van der Waals surface area contributed by atoms with Crippen molar-refractivity contribution in [3.8, 4) is 11.4 Å². The Balaban J connectivity index is 1.48. The highest BCUT2D eigenvalue weighted by Gasteiger charge is 2.35. The molecule has 6 nitrogen and oxygen atoms in total. The highest BCUT2D eigenvalue weighted by Crippen LogP contribution is 2.35. The second kappa shape index (κ2) is 9.57. The van der Waals surface area contributed by atoms with E-state index in [1.165, 1.54) is 5.56 Å². The number of nitrogens with one attached hydrogen (secondary N) is 1. The zero-order chi connectivity index (χ0) is 22.6. The number of rotatable bonds is 7. The van der Waals surface area contributed by atoms with E-state index in [1.54, 1.807) is 7.11 Å². The number of aromatic nitrogens is 2. The number of carbonyl (C=O) groups is 1. The van der Waals surface area contributed by atoms with E-state index in [-0.39, 0.29) is 11.3 Å². The Hall–Kier alpha value is -3.12. The predicted molar refractivity (Wildman–Crippen MR) is 124 cm³/mol. The van der Waals surface area contributed by atoms with Crippen LogP contribution >= 0.6 is 0 Å². The monoisotopic (exact) mass is 433 g/mol. The molecule has 1 fully saturated rings. The second-order valence-electron chi connectivity index (χ2n) is 8.47. The fourth-order valence-corrected chi connectivity index (χ4v) is 4.52. The van der Waals surface area contributed by atoms with Crippen LogP contribution in [0.4, 0.5) is 0 Å². The minimum atomic E-state index is -0.126. The molecule has 2 aromatic carbocycles. The number of amides is 1. The van der Waals surface area contributed by atoms with Crippen molar-refractivity contribution in [1.82, 2.24) is 15.1 Å². The van der Waals surface area contributed by atoms with Crippen LogP contribution in [0.25, 0.3) is 5.69 Å². The number of aryl methyl sites for hydroxylation is 1. The first-order valence-corrected chi connectivity index (χ1v) is 11.1. The zero-order valence-corrected chi connectivity index (χ0v) is 19.1. The van der Waals surface area contributed by atoms with Crippen molar-refractivity contribution < 1.29 is 14.3 Å². The zero-order valence-electron chi connectivity index (χ0n) is 19.1. The Morgan fingerprint density at radius 1 is 1.09 bits per heavy atom. The molecule has 3 aromatic rings. The van der Waals surface area contributed by atoms with Gasteiger partial charge in [0.15, 0.2) is 0 Å². The van der Waals surface area contributed by atoms with E-state index in [9.17, 15) is 4.79 Å². The molecule has 1 saturated heterocycles. The van der Waals surface area contributed by atoms with Crippen molar-refractivity contribution in [3.05, 3.63) is 77.1 Å².